The monoisotopic (exact) mass is 512 g/mol. The maximum absolute atomic E-state index is 13.6. The Balaban J connectivity index is 0.00000364. The molecule has 1 fully saturated rings. The van der Waals surface area contributed by atoms with Gasteiger partial charge in [-0.25, -0.2) is 17.1 Å². The predicted octanol–water partition coefficient (Wildman–Crippen LogP) is 2.21. The van der Waals surface area contributed by atoms with Crippen molar-refractivity contribution < 1.29 is 12.8 Å². The largest absolute Gasteiger partial charge is 0.357 e. The van der Waals surface area contributed by atoms with Crippen LogP contribution < -0.4 is 10.6 Å². The van der Waals surface area contributed by atoms with Gasteiger partial charge in [-0.1, -0.05) is 18.2 Å². The molecule has 9 heteroatoms. The van der Waals surface area contributed by atoms with Gasteiger partial charge in [0.15, 0.2) is 5.96 Å². The molecule has 0 aromatic heterocycles. The van der Waals surface area contributed by atoms with Crippen molar-refractivity contribution in [3.05, 3.63) is 35.6 Å². The van der Waals surface area contributed by atoms with Crippen molar-refractivity contribution in [3.8, 4) is 0 Å². The molecule has 0 saturated carbocycles. The van der Waals surface area contributed by atoms with Crippen molar-refractivity contribution in [3.63, 3.8) is 0 Å². The Bertz CT molecular complexity index is 707. The molecule has 1 aromatic rings. The molecule has 27 heavy (non-hydrogen) atoms. The summed E-state index contributed by atoms with van der Waals surface area (Å²) in [5, 5.41) is 6.43. The van der Waals surface area contributed by atoms with Crippen LogP contribution in [-0.2, 0) is 16.4 Å². The van der Waals surface area contributed by atoms with Crippen molar-refractivity contribution in [2.75, 3.05) is 39.0 Å². The number of halogens is 2. The van der Waals surface area contributed by atoms with Gasteiger partial charge in [-0.15, -0.1) is 24.0 Å². The van der Waals surface area contributed by atoms with Gasteiger partial charge in [0.25, 0.3) is 0 Å². The molecule has 1 aliphatic heterocycles. The normalized spacial score (nSPS) is 16.6. The highest BCUT2D eigenvalue weighted by molar-refractivity contribution is 14.0. The fourth-order valence-electron chi connectivity index (χ4n) is 3.00. The van der Waals surface area contributed by atoms with E-state index in [-0.39, 0.29) is 29.8 Å². The molecule has 0 bridgehead atoms. The molecule has 0 amide bonds. The number of nitrogens with zero attached hydrogens (tertiary/aromatic N) is 2. The van der Waals surface area contributed by atoms with Crippen LogP contribution in [0.1, 0.15) is 25.3 Å². The minimum atomic E-state index is -3.09. The topological polar surface area (TPSA) is 73.8 Å². The molecule has 0 atom stereocenters. The lowest BCUT2D eigenvalue weighted by Crippen LogP contribution is -2.40. The van der Waals surface area contributed by atoms with E-state index in [0.717, 1.165) is 25.3 Å². The fraction of sp³-hybridized carbons (Fsp3) is 0.611. The lowest BCUT2D eigenvalue weighted by Gasteiger charge is -2.29. The Morgan fingerprint density at radius 2 is 1.93 bits per heavy atom. The third kappa shape index (κ3) is 8.30. The summed E-state index contributed by atoms with van der Waals surface area (Å²) in [6.07, 6.45) is 3.49. The zero-order valence-corrected chi connectivity index (χ0v) is 19.1. The van der Waals surface area contributed by atoms with Crippen LogP contribution in [0.4, 0.5) is 4.39 Å². The first-order valence-corrected chi connectivity index (χ1v) is 11.0. The van der Waals surface area contributed by atoms with Gasteiger partial charge in [0.2, 0.25) is 10.0 Å². The van der Waals surface area contributed by atoms with Crippen molar-refractivity contribution in [1.82, 2.24) is 14.9 Å². The van der Waals surface area contributed by atoms with E-state index in [1.807, 2.05) is 13.0 Å². The SMILES string of the molecule is CCNC(=NCC1CCN(S(C)(=O)=O)CC1)NCCc1ccccc1F.I. The van der Waals surface area contributed by atoms with Gasteiger partial charge >= 0.3 is 0 Å². The fourth-order valence-corrected chi connectivity index (χ4v) is 3.88. The summed E-state index contributed by atoms with van der Waals surface area (Å²) >= 11 is 0. The van der Waals surface area contributed by atoms with E-state index in [0.29, 0.717) is 44.1 Å². The molecule has 1 aliphatic rings. The number of aliphatic imine (C=N–C) groups is 1. The first-order valence-electron chi connectivity index (χ1n) is 9.11. The maximum Gasteiger partial charge on any atom is 0.211 e. The molecule has 0 unspecified atom stereocenters. The molecule has 0 aliphatic carbocycles. The summed E-state index contributed by atoms with van der Waals surface area (Å²) in [4.78, 5) is 4.61. The highest BCUT2D eigenvalue weighted by Gasteiger charge is 2.24. The van der Waals surface area contributed by atoms with E-state index >= 15 is 0 Å². The average Bonchev–Trinajstić information content (AvgIpc) is 2.61. The Morgan fingerprint density at radius 1 is 1.26 bits per heavy atom. The van der Waals surface area contributed by atoms with Crippen molar-refractivity contribution >= 4 is 40.0 Å². The summed E-state index contributed by atoms with van der Waals surface area (Å²) in [5.41, 5.74) is 0.684. The maximum atomic E-state index is 13.6. The summed E-state index contributed by atoms with van der Waals surface area (Å²) in [6.45, 7) is 5.13. The van der Waals surface area contributed by atoms with Gasteiger partial charge in [-0.2, -0.15) is 0 Å². The molecule has 2 rings (SSSR count). The Morgan fingerprint density at radius 3 is 2.52 bits per heavy atom. The van der Waals surface area contributed by atoms with Gasteiger partial charge in [0, 0.05) is 32.7 Å². The zero-order valence-electron chi connectivity index (χ0n) is 15.9. The van der Waals surface area contributed by atoms with Crippen LogP contribution in [0.2, 0.25) is 0 Å². The Labute approximate surface area is 179 Å². The van der Waals surface area contributed by atoms with Crippen molar-refractivity contribution in [1.29, 1.82) is 0 Å². The van der Waals surface area contributed by atoms with Crippen LogP contribution in [0.3, 0.4) is 0 Å². The molecular formula is C18H30FIN4O2S. The summed E-state index contributed by atoms with van der Waals surface area (Å²) < 4.78 is 38.3. The van der Waals surface area contributed by atoms with Crippen LogP contribution in [0.15, 0.2) is 29.3 Å². The highest BCUT2D eigenvalue weighted by atomic mass is 127. The molecule has 0 radical (unpaired) electrons. The summed E-state index contributed by atoms with van der Waals surface area (Å²) in [5.74, 6) is 0.915. The van der Waals surface area contributed by atoms with E-state index in [2.05, 4.69) is 15.6 Å². The number of guanidine groups is 1. The standard InChI is InChI=1S/C18H29FN4O2S.HI/c1-3-20-18(21-11-8-16-6-4-5-7-17(16)19)22-14-15-9-12-23(13-10-15)26(2,24)25;/h4-7,15H,3,8-14H2,1-2H3,(H2,20,21,22);1H. The number of hydrogen-bond donors (Lipinski definition) is 2. The molecular weight excluding hydrogens is 482 g/mol. The Hall–Kier alpha value is -0.940. The van der Waals surface area contributed by atoms with Crippen molar-refractivity contribution in [2.45, 2.75) is 26.2 Å². The van der Waals surface area contributed by atoms with Gasteiger partial charge in [0.1, 0.15) is 5.82 Å². The van der Waals surface area contributed by atoms with Gasteiger partial charge in [-0.05, 0) is 43.7 Å². The molecule has 2 N–H and O–H groups in total. The van der Waals surface area contributed by atoms with Gasteiger partial charge in [0.05, 0.1) is 6.26 Å². The van der Waals surface area contributed by atoms with Gasteiger partial charge < -0.3 is 10.6 Å². The second-order valence-electron chi connectivity index (χ2n) is 6.59. The number of hydrogen-bond acceptors (Lipinski definition) is 3. The van der Waals surface area contributed by atoms with Gasteiger partial charge in [-0.3, -0.25) is 4.99 Å². The van der Waals surface area contributed by atoms with E-state index in [1.54, 1.807) is 12.1 Å². The van der Waals surface area contributed by atoms with E-state index in [4.69, 9.17) is 0 Å². The Kier molecular flexibility index (Phi) is 10.5. The molecule has 1 aromatic carbocycles. The van der Waals surface area contributed by atoms with E-state index < -0.39 is 10.0 Å². The molecule has 0 spiro atoms. The van der Waals surface area contributed by atoms with Crippen LogP contribution in [-0.4, -0.2) is 57.7 Å². The number of nitrogens with one attached hydrogen (secondary N) is 2. The number of sulfonamides is 1. The first kappa shape index (κ1) is 24.1. The average molecular weight is 512 g/mol. The van der Waals surface area contributed by atoms with E-state index in [9.17, 15) is 12.8 Å². The minimum absolute atomic E-state index is 0. The smallest absolute Gasteiger partial charge is 0.211 e. The second kappa shape index (κ2) is 11.8. The molecule has 154 valence electrons. The zero-order chi connectivity index (χ0) is 19.0. The quantitative estimate of drug-likeness (QED) is 0.334. The van der Waals surface area contributed by atoms with Crippen LogP contribution >= 0.6 is 24.0 Å². The lowest BCUT2D eigenvalue weighted by atomic mass is 9.98. The van der Waals surface area contributed by atoms with Crippen LogP contribution in [0, 0.1) is 11.7 Å². The molecule has 6 nitrogen and oxygen atoms in total. The number of piperidine rings is 1. The summed E-state index contributed by atoms with van der Waals surface area (Å²) in [7, 11) is -3.09. The lowest BCUT2D eigenvalue weighted by molar-refractivity contribution is 0.280. The highest BCUT2D eigenvalue weighted by Crippen LogP contribution is 2.19. The van der Waals surface area contributed by atoms with Crippen LogP contribution in [0.25, 0.3) is 0 Å². The molecule has 1 saturated heterocycles. The third-order valence-corrected chi connectivity index (χ3v) is 5.84. The first-order chi connectivity index (χ1) is 12.4. The van der Waals surface area contributed by atoms with E-state index in [1.165, 1.54) is 16.6 Å². The third-order valence-electron chi connectivity index (χ3n) is 4.54. The predicted molar refractivity (Wildman–Crippen MR) is 119 cm³/mol. The van der Waals surface area contributed by atoms with Crippen molar-refractivity contribution in [2.24, 2.45) is 10.9 Å². The molecule has 1 heterocycles. The number of benzene rings is 1. The minimum Gasteiger partial charge on any atom is -0.357 e. The summed E-state index contributed by atoms with van der Waals surface area (Å²) in [6, 6.07) is 6.78. The number of rotatable bonds is 7. The second-order valence-corrected chi connectivity index (χ2v) is 8.58. The van der Waals surface area contributed by atoms with Crippen LogP contribution in [0.5, 0.6) is 0 Å².